The summed E-state index contributed by atoms with van der Waals surface area (Å²) in [6, 6.07) is 9.59. The summed E-state index contributed by atoms with van der Waals surface area (Å²) in [5, 5.41) is 10.0. The van der Waals surface area contributed by atoms with Crippen LogP contribution >= 0.6 is 23.2 Å². The lowest BCUT2D eigenvalue weighted by molar-refractivity contribution is -0.146. The van der Waals surface area contributed by atoms with Gasteiger partial charge in [0.2, 0.25) is 0 Å². The maximum Gasteiger partial charge on any atom is 0.306 e. The second kappa shape index (κ2) is 8.20. The topological polar surface area (TPSA) is 86.0 Å². The molecule has 1 N–H and O–H groups in total. The Morgan fingerprint density at radius 3 is 2.63 bits per heavy atom. The van der Waals surface area contributed by atoms with Crippen LogP contribution in [0.5, 0.6) is 11.5 Å². The Hall–Kier alpha value is -2.70. The molecule has 0 amide bonds. The molecule has 6 nitrogen and oxygen atoms in total. The predicted octanol–water partition coefficient (Wildman–Crippen LogP) is 5.27. The van der Waals surface area contributed by atoms with E-state index in [9.17, 15) is 9.59 Å². The highest BCUT2D eigenvalue weighted by molar-refractivity contribution is 6.34. The number of carboxylic acids is 1. The third-order valence-corrected chi connectivity index (χ3v) is 5.88. The second-order valence-electron chi connectivity index (χ2n) is 7.26. The van der Waals surface area contributed by atoms with Crippen molar-refractivity contribution in [3.8, 4) is 22.8 Å². The molecule has 30 heavy (non-hydrogen) atoms. The second-order valence-corrected chi connectivity index (χ2v) is 8.07. The largest absolute Gasteiger partial charge is 0.496 e. The number of rotatable bonds is 6. The quantitative estimate of drug-likeness (QED) is 0.552. The van der Waals surface area contributed by atoms with Crippen molar-refractivity contribution in [3.63, 3.8) is 0 Å². The molecule has 1 saturated carbocycles. The van der Waals surface area contributed by atoms with Gasteiger partial charge in [0.25, 0.3) is 0 Å². The Bertz CT molecular complexity index is 1180. The molecule has 0 saturated heterocycles. The van der Waals surface area contributed by atoms with Gasteiger partial charge in [-0.3, -0.25) is 9.59 Å². The molecule has 2 aromatic carbocycles. The molecule has 0 unspecified atom stereocenters. The van der Waals surface area contributed by atoms with E-state index in [1.165, 1.54) is 13.2 Å². The van der Waals surface area contributed by atoms with Crippen LogP contribution in [-0.2, 0) is 4.79 Å². The monoisotopic (exact) mass is 448 g/mol. The molecule has 1 heterocycles. The average molecular weight is 449 g/mol. The normalized spacial score (nSPS) is 18.1. The average Bonchev–Trinajstić information content (AvgIpc) is 2.68. The Labute approximate surface area is 181 Å². The molecule has 0 spiro atoms. The van der Waals surface area contributed by atoms with Gasteiger partial charge in [-0.2, -0.15) is 0 Å². The van der Waals surface area contributed by atoms with Crippen molar-refractivity contribution in [2.75, 3.05) is 13.7 Å². The summed E-state index contributed by atoms with van der Waals surface area (Å²) in [6.45, 7) is 0.350. The van der Waals surface area contributed by atoms with Gasteiger partial charge in [0.15, 0.2) is 11.0 Å². The predicted molar refractivity (Wildman–Crippen MR) is 114 cm³/mol. The molecule has 1 fully saturated rings. The van der Waals surface area contributed by atoms with Crippen LogP contribution in [0.4, 0.5) is 0 Å². The number of carbonyl (C=O) groups is 1. The van der Waals surface area contributed by atoms with Crippen molar-refractivity contribution in [1.29, 1.82) is 0 Å². The lowest BCUT2D eigenvalue weighted by atomic mass is 9.75. The Morgan fingerprint density at radius 2 is 1.93 bits per heavy atom. The number of benzene rings is 2. The fraction of sp³-hybridized carbons (Fsp3) is 0.273. The molecule has 3 aromatic rings. The van der Waals surface area contributed by atoms with E-state index in [2.05, 4.69) is 0 Å². The number of carboxylic acid groups (broad SMARTS) is 1. The van der Waals surface area contributed by atoms with Crippen molar-refractivity contribution in [2.24, 2.45) is 11.8 Å². The lowest BCUT2D eigenvalue weighted by Gasteiger charge is -2.32. The van der Waals surface area contributed by atoms with E-state index in [1.807, 2.05) is 0 Å². The van der Waals surface area contributed by atoms with Crippen LogP contribution < -0.4 is 14.9 Å². The summed E-state index contributed by atoms with van der Waals surface area (Å²) in [6.07, 6.45) is 1.15. The van der Waals surface area contributed by atoms with Gasteiger partial charge in [0.05, 0.1) is 40.6 Å². The lowest BCUT2D eigenvalue weighted by Crippen LogP contribution is -2.33. The highest BCUT2D eigenvalue weighted by Crippen LogP contribution is 2.41. The third-order valence-electron chi connectivity index (χ3n) is 5.29. The number of hydrogen-bond acceptors (Lipinski definition) is 5. The van der Waals surface area contributed by atoms with Crippen molar-refractivity contribution in [2.45, 2.75) is 12.8 Å². The number of fused-ring (bicyclic) bond motifs is 1. The molecule has 1 aromatic heterocycles. The van der Waals surface area contributed by atoms with Crippen molar-refractivity contribution >= 4 is 40.1 Å². The van der Waals surface area contributed by atoms with Crippen LogP contribution in [-0.4, -0.2) is 24.8 Å². The zero-order valence-electron chi connectivity index (χ0n) is 16.0. The van der Waals surface area contributed by atoms with Crippen molar-refractivity contribution < 1.29 is 23.8 Å². The van der Waals surface area contributed by atoms with Gasteiger partial charge >= 0.3 is 5.97 Å². The summed E-state index contributed by atoms with van der Waals surface area (Å²) in [5.74, 6) is 0.154. The molecule has 0 bridgehead atoms. The maximum absolute atomic E-state index is 12.6. The van der Waals surface area contributed by atoms with Gasteiger partial charge in [-0.25, -0.2) is 0 Å². The molecule has 1 aliphatic carbocycles. The highest BCUT2D eigenvalue weighted by atomic mass is 35.5. The molecular weight excluding hydrogens is 431 g/mol. The summed E-state index contributed by atoms with van der Waals surface area (Å²) < 4.78 is 17.2. The van der Waals surface area contributed by atoms with E-state index in [-0.39, 0.29) is 28.6 Å². The summed E-state index contributed by atoms with van der Waals surface area (Å²) in [5.41, 5.74) is 0.547. The molecule has 0 atom stereocenters. The number of aliphatic carboxylic acids is 1. The number of methoxy groups -OCH3 is 1. The van der Waals surface area contributed by atoms with Crippen LogP contribution in [0.25, 0.3) is 22.3 Å². The highest BCUT2D eigenvalue weighted by Gasteiger charge is 2.34. The van der Waals surface area contributed by atoms with Gasteiger partial charge in [0, 0.05) is 12.1 Å². The molecular formula is C22H18Cl2O6. The Balaban J connectivity index is 1.67. The van der Waals surface area contributed by atoms with E-state index in [1.54, 1.807) is 30.3 Å². The van der Waals surface area contributed by atoms with E-state index in [4.69, 9.17) is 42.2 Å². The fourth-order valence-electron chi connectivity index (χ4n) is 3.56. The zero-order chi connectivity index (χ0) is 21.4. The van der Waals surface area contributed by atoms with Gasteiger partial charge in [-0.15, -0.1) is 0 Å². The van der Waals surface area contributed by atoms with Crippen LogP contribution in [0.3, 0.4) is 0 Å². The fourth-order valence-corrected chi connectivity index (χ4v) is 3.99. The van der Waals surface area contributed by atoms with E-state index >= 15 is 0 Å². The van der Waals surface area contributed by atoms with E-state index < -0.39 is 5.97 Å². The smallest absolute Gasteiger partial charge is 0.306 e. The molecule has 8 heteroatoms. The van der Waals surface area contributed by atoms with Crippen LogP contribution in [0.1, 0.15) is 12.8 Å². The standard InChI is InChI=1S/C22H18Cl2O6/c1-28-18-8-16(24)20(29-10-11-5-12(6-11)22(26)27)7-14(18)19-9-17(25)13-3-2-4-15(23)21(13)30-19/h2-4,7-9,11-12H,5-6,10H2,1H3,(H,26,27). The summed E-state index contributed by atoms with van der Waals surface area (Å²) in [4.78, 5) is 23.5. The Kier molecular flexibility index (Phi) is 5.62. The first kappa shape index (κ1) is 20.6. The minimum Gasteiger partial charge on any atom is -0.496 e. The summed E-state index contributed by atoms with van der Waals surface area (Å²) in [7, 11) is 1.49. The molecule has 0 radical (unpaired) electrons. The maximum atomic E-state index is 12.6. The SMILES string of the molecule is COc1cc(Cl)c(OCC2CC(C(=O)O)C2)cc1-c1cc(=O)c2cccc(Cl)c2o1. The van der Waals surface area contributed by atoms with Gasteiger partial charge in [0.1, 0.15) is 17.3 Å². The van der Waals surface area contributed by atoms with Gasteiger partial charge in [-0.05, 0) is 37.0 Å². The Morgan fingerprint density at radius 1 is 1.17 bits per heavy atom. The zero-order valence-corrected chi connectivity index (χ0v) is 17.5. The van der Waals surface area contributed by atoms with Crippen LogP contribution in [0.2, 0.25) is 10.0 Å². The first-order valence-corrected chi connectivity index (χ1v) is 10.1. The number of halogens is 2. The van der Waals surface area contributed by atoms with Crippen LogP contribution in [0.15, 0.2) is 45.6 Å². The number of hydrogen-bond donors (Lipinski definition) is 1. The molecule has 156 valence electrons. The summed E-state index contributed by atoms with van der Waals surface area (Å²) >= 11 is 12.5. The van der Waals surface area contributed by atoms with Gasteiger partial charge < -0.3 is 19.0 Å². The van der Waals surface area contributed by atoms with Crippen molar-refractivity contribution in [1.82, 2.24) is 0 Å². The minimum atomic E-state index is -0.777. The number of ether oxygens (including phenoxy) is 2. The van der Waals surface area contributed by atoms with Gasteiger partial charge in [-0.1, -0.05) is 29.3 Å². The molecule has 4 rings (SSSR count). The van der Waals surface area contributed by atoms with Crippen LogP contribution in [0, 0.1) is 11.8 Å². The third kappa shape index (κ3) is 3.85. The number of para-hydroxylation sites is 1. The molecule has 1 aliphatic rings. The first-order chi connectivity index (χ1) is 14.4. The van der Waals surface area contributed by atoms with E-state index in [0.717, 1.165) is 0 Å². The van der Waals surface area contributed by atoms with Crippen molar-refractivity contribution in [3.05, 3.63) is 56.7 Å². The first-order valence-electron chi connectivity index (χ1n) is 9.33. The minimum absolute atomic E-state index is 0.158. The molecule has 0 aliphatic heterocycles. The van der Waals surface area contributed by atoms with E-state index in [0.29, 0.717) is 51.9 Å².